The number of aryl methyl sites for hydroxylation is 1. The predicted molar refractivity (Wildman–Crippen MR) is 75.5 cm³/mol. The number of hydrogen-bond donors (Lipinski definition) is 1. The van der Waals surface area contributed by atoms with Gasteiger partial charge in [0.1, 0.15) is 0 Å². The standard InChI is InChI=1S/C14H18N2OS/c1-9-6-7-10-12(8-9)16(14(18)15-10)11-4-3-5-13(11)17-2/h6-8,11,13H,3-5H2,1-2H3,(H,15,18). The van der Waals surface area contributed by atoms with Crippen molar-refractivity contribution >= 4 is 23.3 Å². The minimum atomic E-state index is 0.288. The number of hydrogen-bond acceptors (Lipinski definition) is 2. The number of rotatable bonds is 2. The molecule has 3 rings (SSSR count). The Morgan fingerprint density at radius 3 is 3.00 bits per heavy atom. The number of fused-ring (bicyclic) bond motifs is 1. The summed E-state index contributed by atoms with van der Waals surface area (Å²) in [4.78, 5) is 3.30. The van der Waals surface area contributed by atoms with Crippen LogP contribution in [0.4, 0.5) is 0 Å². The Kier molecular flexibility index (Phi) is 2.99. The van der Waals surface area contributed by atoms with Crippen LogP contribution in [0.2, 0.25) is 0 Å². The van der Waals surface area contributed by atoms with Gasteiger partial charge in [-0.25, -0.2) is 0 Å². The zero-order chi connectivity index (χ0) is 12.7. The van der Waals surface area contributed by atoms with Crippen LogP contribution in [0.15, 0.2) is 18.2 Å². The fourth-order valence-electron chi connectivity index (χ4n) is 3.04. The molecule has 18 heavy (non-hydrogen) atoms. The van der Waals surface area contributed by atoms with Gasteiger partial charge in [-0.05, 0) is 56.1 Å². The van der Waals surface area contributed by atoms with E-state index in [1.54, 1.807) is 7.11 Å². The van der Waals surface area contributed by atoms with Gasteiger partial charge >= 0.3 is 0 Å². The zero-order valence-corrected chi connectivity index (χ0v) is 11.6. The fraction of sp³-hybridized carbons (Fsp3) is 0.500. The van der Waals surface area contributed by atoms with Crippen LogP contribution in [0.1, 0.15) is 30.9 Å². The highest BCUT2D eigenvalue weighted by atomic mass is 32.1. The summed E-state index contributed by atoms with van der Waals surface area (Å²) in [5.41, 5.74) is 3.58. The van der Waals surface area contributed by atoms with E-state index < -0.39 is 0 Å². The first-order valence-electron chi connectivity index (χ1n) is 6.44. The molecule has 1 N–H and O–H groups in total. The van der Waals surface area contributed by atoms with Crippen molar-refractivity contribution < 1.29 is 4.74 Å². The van der Waals surface area contributed by atoms with Gasteiger partial charge in [0.2, 0.25) is 0 Å². The average Bonchev–Trinajstić information content (AvgIpc) is 2.91. The predicted octanol–water partition coefficient (Wildman–Crippen LogP) is 3.75. The minimum Gasteiger partial charge on any atom is -0.379 e. The molecule has 4 heteroatoms. The minimum absolute atomic E-state index is 0.288. The Morgan fingerprint density at radius 1 is 1.39 bits per heavy atom. The van der Waals surface area contributed by atoms with E-state index in [9.17, 15) is 0 Å². The van der Waals surface area contributed by atoms with E-state index in [-0.39, 0.29) is 6.10 Å². The number of nitrogens with one attached hydrogen (secondary N) is 1. The second-order valence-electron chi connectivity index (χ2n) is 5.09. The normalized spacial score (nSPS) is 23.9. The molecule has 1 aromatic carbocycles. The van der Waals surface area contributed by atoms with E-state index in [2.05, 4.69) is 34.7 Å². The lowest BCUT2D eigenvalue weighted by atomic mass is 10.2. The quantitative estimate of drug-likeness (QED) is 0.835. The lowest BCUT2D eigenvalue weighted by Crippen LogP contribution is -2.20. The third-order valence-corrected chi connectivity index (χ3v) is 4.22. The van der Waals surface area contributed by atoms with Crippen molar-refractivity contribution in [3.8, 4) is 0 Å². The van der Waals surface area contributed by atoms with Crippen molar-refractivity contribution in [3.05, 3.63) is 28.5 Å². The summed E-state index contributed by atoms with van der Waals surface area (Å²) in [5, 5.41) is 0. The Bertz CT molecular complexity index is 628. The van der Waals surface area contributed by atoms with Crippen molar-refractivity contribution in [3.63, 3.8) is 0 Å². The summed E-state index contributed by atoms with van der Waals surface area (Å²) in [6, 6.07) is 6.79. The Morgan fingerprint density at radius 2 is 2.22 bits per heavy atom. The summed E-state index contributed by atoms with van der Waals surface area (Å²) in [7, 11) is 1.80. The first-order chi connectivity index (χ1) is 8.70. The average molecular weight is 262 g/mol. The molecule has 1 saturated carbocycles. The summed E-state index contributed by atoms with van der Waals surface area (Å²) in [5.74, 6) is 0. The lowest BCUT2D eigenvalue weighted by molar-refractivity contribution is 0.0758. The molecule has 0 radical (unpaired) electrons. The molecule has 1 aromatic heterocycles. The molecule has 1 aliphatic rings. The summed E-state index contributed by atoms with van der Waals surface area (Å²) < 4.78 is 8.66. The van der Waals surface area contributed by atoms with E-state index in [1.807, 2.05) is 0 Å². The third kappa shape index (κ3) is 1.80. The molecule has 1 heterocycles. The highest BCUT2D eigenvalue weighted by Gasteiger charge is 2.30. The van der Waals surface area contributed by atoms with Crippen LogP contribution >= 0.6 is 12.2 Å². The number of methoxy groups -OCH3 is 1. The molecule has 0 spiro atoms. The maximum Gasteiger partial charge on any atom is 0.178 e. The Balaban J connectivity index is 2.18. The maximum absolute atomic E-state index is 5.60. The summed E-state index contributed by atoms with van der Waals surface area (Å²) >= 11 is 5.49. The van der Waals surface area contributed by atoms with Crippen molar-refractivity contribution in [1.82, 2.24) is 9.55 Å². The molecular weight excluding hydrogens is 244 g/mol. The molecule has 96 valence electrons. The van der Waals surface area contributed by atoms with E-state index in [0.717, 1.165) is 23.1 Å². The second kappa shape index (κ2) is 4.52. The van der Waals surface area contributed by atoms with Crippen molar-refractivity contribution in [2.75, 3.05) is 7.11 Å². The topological polar surface area (TPSA) is 29.9 Å². The second-order valence-corrected chi connectivity index (χ2v) is 5.48. The van der Waals surface area contributed by atoms with Crippen LogP contribution in [-0.4, -0.2) is 22.8 Å². The van der Waals surface area contributed by atoms with Crippen LogP contribution < -0.4 is 0 Å². The van der Waals surface area contributed by atoms with Crippen LogP contribution in [0, 0.1) is 11.7 Å². The fourth-order valence-corrected chi connectivity index (χ4v) is 3.38. The molecule has 1 fully saturated rings. The first kappa shape index (κ1) is 11.9. The van der Waals surface area contributed by atoms with E-state index in [1.165, 1.54) is 17.5 Å². The van der Waals surface area contributed by atoms with Crippen LogP contribution in [0.25, 0.3) is 11.0 Å². The maximum atomic E-state index is 5.60. The van der Waals surface area contributed by atoms with E-state index >= 15 is 0 Å². The van der Waals surface area contributed by atoms with Gasteiger partial charge in [0.15, 0.2) is 4.77 Å². The number of nitrogens with zero attached hydrogens (tertiary/aromatic N) is 1. The first-order valence-corrected chi connectivity index (χ1v) is 6.85. The summed E-state index contributed by atoms with van der Waals surface area (Å²) in [6.07, 6.45) is 3.77. The number of aromatic nitrogens is 2. The van der Waals surface area contributed by atoms with Gasteiger partial charge in [0.25, 0.3) is 0 Å². The number of ether oxygens (including phenoxy) is 1. The highest BCUT2D eigenvalue weighted by Crippen LogP contribution is 2.34. The molecular formula is C14H18N2OS. The molecule has 2 atom stereocenters. The van der Waals surface area contributed by atoms with Crippen molar-refractivity contribution in [2.24, 2.45) is 0 Å². The molecule has 1 aliphatic carbocycles. The van der Waals surface area contributed by atoms with Gasteiger partial charge in [-0.3, -0.25) is 0 Å². The number of aromatic amines is 1. The van der Waals surface area contributed by atoms with Crippen molar-refractivity contribution in [1.29, 1.82) is 0 Å². The molecule has 3 nitrogen and oxygen atoms in total. The van der Waals surface area contributed by atoms with Gasteiger partial charge in [-0.1, -0.05) is 6.07 Å². The number of H-pyrrole nitrogens is 1. The van der Waals surface area contributed by atoms with Crippen LogP contribution in [-0.2, 0) is 4.74 Å². The van der Waals surface area contributed by atoms with Gasteiger partial charge in [-0.2, -0.15) is 0 Å². The van der Waals surface area contributed by atoms with Crippen LogP contribution in [0.5, 0.6) is 0 Å². The smallest absolute Gasteiger partial charge is 0.178 e. The monoisotopic (exact) mass is 262 g/mol. The van der Waals surface area contributed by atoms with E-state index in [0.29, 0.717) is 6.04 Å². The molecule has 0 aliphatic heterocycles. The lowest BCUT2D eigenvalue weighted by Gasteiger charge is -2.20. The van der Waals surface area contributed by atoms with Gasteiger partial charge in [-0.15, -0.1) is 0 Å². The highest BCUT2D eigenvalue weighted by molar-refractivity contribution is 7.71. The molecule has 0 amide bonds. The third-order valence-electron chi connectivity index (χ3n) is 3.93. The van der Waals surface area contributed by atoms with Crippen molar-refractivity contribution in [2.45, 2.75) is 38.3 Å². The van der Waals surface area contributed by atoms with Crippen LogP contribution in [0.3, 0.4) is 0 Å². The summed E-state index contributed by atoms with van der Waals surface area (Å²) in [6.45, 7) is 2.11. The zero-order valence-electron chi connectivity index (χ0n) is 10.8. The van der Waals surface area contributed by atoms with E-state index in [4.69, 9.17) is 17.0 Å². The van der Waals surface area contributed by atoms with Gasteiger partial charge in [0, 0.05) is 7.11 Å². The number of benzene rings is 1. The Hall–Kier alpha value is -1.13. The Labute approximate surface area is 112 Å². The molecule has 0 saturated heterocycles. The van der Waals surface area contributed by atoms with Gasteiger partial charge < -0.3 is 14.3 Å². The van der Waals surface area contributed by atoms with Gasteiger partial charge in [0.05, 0.1) is 23.2 Å². The SMILES string of the molecule is COC1CCCC1n1c(=S)[nH]c2ccc(C)cc21. The molecule has 2 unspecified atom stereocenters. The molecule has 2 aromatic rings. The number of imidazole rings is 1. The largest absolute Gasteiger partial charge is 0.379 e. The molecule has 0 bridgehead atoms.